The predicted octanol–water partition coefficient (Wildman–Crippen LogP) is 1.66. The zero-order valence-corrected chi connectivity index (χ0v) is 10.5. The van der Waals surface area contributed by atoms with Crippen molar-refractivity contribution in [1.29, 1.82) is 0 Å². The molecule has 0 aliphatic carbocycles. The summed E-state index contributed by atoms with van der Waals surface area (Å²) in [7, 11) is -3.00. The van der Waals surface area contributed by atoms with Gasteiger partial charge in [-0.1, -0.05) is 11.6 Å². The van der Waals surface area contributed by atoms with Crippen LogP contribution in [0.5, 0.6) is 0 Å². The van der Waals surface area contributed by atoms with E-state index >= 15 is 0 Å². The topological polar surface area (TPSA) is 72.2 Å². The molecule has 3 N–H and O–H groups in total. The van der Waals surface area contributed by atoms with Crippen LogP contribution in [0, 0.1) is 5.82 Å². The predicted molar refractivity (Wildman–Crippen MR) is 66.5 cm³/mol. The van der Waals surface area contributed by atoms with Crippen molar-refractivity contribution < 1.29 is 12.8 Å². The number of hydrogen-bond acceptors (Lipinski definition) is 4. The molecule has 1 fully saturated rings. The van der Waals surface area contributed by atoms with Crippen LogP contribution >= 0.6 is 11.6 Å². The van der Waals surface area contributed by atoms with E-state index in [1.54, 1.807) is 0 Å². The van der Waals surface area contributed by atoms with E-state index in [0.29, 0.717) is 6.42 Å². The molecule has 1 aliphatic rings. The first-order chi connectivity index (χ1) is 7.87. The van der Waals surface area contributed by atoms with Gasteiger partial charge in [0.2, 0.25) is 0 Å². The Bertz CT molecular complexity index is 524. The van der Waals surface area contributed by atoms with Crippen molar-refractivity contribution in [2.45, 2.75) is 12.5 Å². The lowest BCUT2D eigenvalue weighted by molar-refractivity contribution is 0.601. The lowest BCUT2D eigenvalue weighted by Gasteiger charge is -2.15. The first kappa shape index (κ1) is 12.4. The molecular formula is C10H12ClFN2O2S. The van der Waals surface area contributed by atoms with Crippen molar-refractivity contribution in [2.75, 3.05) is 22.6 Å². The second-order valence-electron chi connectivity index (χ2n) is 4.10. The maximum Gasteiger partial charge on any atom is 0.152 e. The zero-order valence-electron chi connectivity index (χ0n) is 8.91. The van der Waals surface area contributed by atoms with E-state index in [1.807, 2.05) is 0 Å². The molecule has 0 amide bonds. The van der Waals surface area contributed by atoms with Gasteiger partial charge in [-0.15, -0.1) is 0 Å². The fourth-order valence-electron chi connectivity index (χ4n) is 1.86. The third kappa shape index (κ3) is 2.81. The highest BCUT2D eigenvalue weighted by molar-refractivity contribution is 7.91. The van der Waals surface area contributed by atoms with E-state index in [2.05, 4.69) is 5.32 Å². The summed E-state index contributed by atoms with van der Waals surface area (Å²) in [5, 5.41) is 3.04. The monoisotopic (exact) mass is 278 g/mol. The molecule has 1 heterocycles. The number of hydrogen-bond donors (Lipinski definition) is 2. The SMILES string of the molecule is Nc1cc(Cl)cc(F)c1N[C@@H]1CCS(=O)(=O)C1. The average molecular weight is 279 g/mol. The second-order valence-corrected chi connectivity index (χ2v) is 6.76. The summed E-state index contributed by atoms with van der Waals surface area (Å²) >= 11 is 5.64. The van der Waals surface area contributed by atoms with Gasteiger partial charge in [0, 0.05) is 11.1 Å². The minimum absolute atomic E-state index is 0.00844. The van der Waals surface area contributed by atoms with Gasteiger partial charge in [0.25, 0.3) is 0 Å². The number of anilines is 2. The molecule has 1 saturated heterocycles. The van der Waals surface area contributed by atoms with Crippen molar-refractivity contribution in [3.05, 3.63) is 23.0 Å². The van der Waals surface area contributed by atoms with Gasteiger partial charge in [0.05, 0.1) is 22.9 Å². The van der Waals surface area contributed by atoms with Crippen LogP contribution in [0.4, 0.5) is 15.8 Å². The summed E-state index contributed by atoms with van der Waals surface area (Å²) in [6, 6.07) is 2.28. The maximum absolute atomic E-state index is 13.6. The lowest BCUT2D eigenvalue weighted by Crippen LogP contribution is -2.22. The maximum atomic E-state index is 13.6. The smallest absolute Gasteiger partial charge is 0.152 e. The van der Waals surface area contributed by atoms with E-state index < -0.39 is 15.7 Å². The summed E-state index contributed by atoms with van der Waals surface area (Å²) in [5.74, 6) is -0.437. The summed E-state index contributed by atoms with van der Waals surface area (Å²) in [5.41, 5.74) is 5.93. The van der Waals surface area contributed by atoms with Crippen LogP contribution in [0.25, 0.3) is 0 Å². The van der Waals surface area contributed by atoms with Gasteiger partial charge < -0.3 is 11.1 Å². The Morgan fingerprint density at radius 2 is 2.18 bits per heavy atom. The van der Waals surface area contributed by atoms with E-state index in [9.17, 15) is 12.8 Å². The summed E-state index contributed by atoms with van der Waals surface area (Å²) in [4.78, 5) is 0. The Morgan fingerprint density at radius 3 is 2.71 bits per heavy atom. The normalized spacial score (nSPS) is 22.6. The zero-order chi connectivity index (χ0) is 12.6. The molecule has 0 aromatic heterocycles. The lowest BCUT2D eigenvalue weighted by atomic mass is 10.2. The molecule has 4 nitrogen and oxygen atoms in total. The highest BCUT2D eigenvalue weighted by atomic mass is 35.5. The molecule has 0 spiro atoms. The Labute approximate surface area is 104 Å². The fraction of sp³-hybridized carbons (Fsp3) is 0.400. The number of halogens is 2. The Balaban J connectivity index is 2.20. The van der Waals surface area contributed by atoms with Gasteiger partial charge in [-0.2, -0.15) is 0 Å². The minimum Gasteiger partial charge on any atom is -0.397 e. The number of benzene rings is 1. The number of nitrogen functional groups attached to an aromatic ring is 1. The molecule has 0 bridgehead atoms. The van der Waals surface area contributed by atoms with Gasteiger partial charge in [0.15, 0.2) is 9.84 Å². The van der Waals surface area contributed by atoms with Crippen LogP contribution in [0.3, 0.4) is 0 Å². The van der Waals surface area contributed by atoms with Crippen LogP contribution in [0.15, 0.2) is 12.1 Å². The molecule has 1 aromatic carbocycles. The second kappa shape index (κ2) is 4.34. The van der Waals surface area contributed by atoms with Gasteiger partial charge in [-0.05, 0) is 18.6 Å². The van der Waals surface area contributed by atoms with E-state index in [4.69, 9.17) is 17.3 Å². The van der Waals surface area contributed by atoms with Crippen LogP contribution in [-0.2, 0) is 9.84 Å². The highest BCUT2D eigenvalue weighted by Crippen LogP contribution is 2.29. The van der Waals surface area contributed by atoms with Gasteiger partial charge in [-0.3, -0.25) is 0 Å². The quantitative estimate of drug-likeness (QED) is 0.807. The molecule has 7 heteroatoms. The number of sulfone groups is 1. The Morgan fingerprint density at radius 1 is 1.47 bits per heavy atom. The standard InChI is InChI=1S/C10H12ClFN2O2S/c11-6-3-8(12)10(9(13)4-6)14-7-1-2-17(15,16)5-7/h3-4,7,14H,1-2,5,13H2/t7-/m1/s1. The number of nitrogens with two attached hydrogens (primary N) is 1. The molecule has 94 valence electrons. The van der Waals surface area contributed by atoms with E-state index in [1.165, 1.54) is 6.07 Å². The first-order valence-corrected chi connectivity index (χ1v) is 7.29. The Hall–Kier alpha value is -1.01. The molecule has 0 saturated carbocycles. The fourth-order valence-corrected chi connectivity index (χ4v) is 3.75. The van der Waals surface area contributed by atoms with Crippen LogP contribution in [0.1, 0.15) is 6.42 Å². The summed E-state index contributed by atoms with van der Waals surface area (Å²) < 4.78 is 36.1. The Kier molecular flexibility index (Phi) is 3.18. The molecule has 17 heavy (non-hydrogen) atoms. The molecule has 1 aliphatic heterocycles. The van der Waals surface area contributed by atoms with Gasteiger partial charge >= 0.3 is 0 Å². The van der Waals surface area contributed by atoms with Crippen molar-refractivity contribution in [2.24, 2.45) is 0 Å². The van der Waals surface area contributed by atoms with Crippen molar-refractivity contribution in [3.8, 4) is 0 Å². The van der Waals surface area contributed by atoms with Crippen molar-refractivity contribution >= 4 is 32.8 Å². The molecule has 2 rings (SSSR count). The van der Waals surface area contributed by atoms with Crippen LogP contribution in [-0.4, -0.2) is 26.0 Å². The third-order valence-corrected chi connectivity index (χ3v) is 4.65. The molecule has 0 radical (unpaired) electrons. The molecular weight excluding hydrogens is 267 g/mol. The summed E-state index contributed by atoms with van der Waals surface area (Å²) in [6.45, 7) is 0. The number of nitrogens with one attached hydrogen (secondary N) is 1. The average Bonchev–Trinajstić information content (AvgIpc) is 2.52. The third-order valence-electron chi connectivity index (χ3n) is 2.67. The molecule has 0 unspecified atom stereocenters. The van der Waals surface area contributed by atoms with Crippen molar-refractivity contribution in [1.82, 2.24) is 0 Å². The van der Waals surface area contributed by atoms with E-state index in [0.717, 1.165) is 6.07 Å². The van der Waals surface area contributed by atoms with Crippen LogP contribution in [0.2, 0.25) is 5.02 Å². The van der Waals surface area contributed by atoms with Crippen LogP contribution < -0.4 is 11.1 Å². The summed E-state index contributed by atoms with van der Waals surface area (Å²) in [6.07, 6.45) is 0.462. The number of rotatable bonds is 2. The highest BCUT2D eigenvalue weighted by Gasteiger charge is 2.28. The minimum atomic E-state index is -3.00. The molecule has 1 aromatic rings. The van der Waals surface area contributed by atoms with Gasteiger partial charge in [0.1, 0.15) is 5.82 Å². The largest absolute Gasteiger partial charge is 0.397 e. The first-order valence-electron chi connectivity index (χ1n) is 5.09. The molecule has 1 atom stereocenters. The van der Waals surface area contributed by atoms with E-state index in [-0.39, 0.29) is 33.9 Å². The van der Waals surface area contributed by atoms with Gasteiger partial charge in [-0.25, -0.2) is 12.8 Å². The van der Waals surface area contributed by atoms with Crippen molar-refractivity contribution in [3.63, 3.8) is 0 Å².